The van der Waals surface area contributed by atoms with Crippen LogP contribution in [0.5, 0.6) is 0 Å². The fourth-order valence-electron chi connectivity index (χ4n) is 3.14. The summed E-state index contributed by atoms with van der Waals surface area (Å²) in [7, 11) is 0. The van der Waals surface area contributed by atoms with Crippen molar-refractivity contribution in [2.24, 2.45) is 0 Å². The topological polar surface area (TPSA) is 50.2 Å². The van der Waals surface area contributed by atoms with E-state index in [1.54, 1.807) is 4.52 Å². The van der Waals surface area contributed by atoms with Crippen molar-refractivity contribution in [3.05, 3.63) is 56.6 Å². The highest BCUT2D eigenvalue weighted by Crippen LogP contribution is 2.33. The predicted molar refractivity (Wildman–Crippen MR) is 83.0 cm³/mol. The van der Waals surface area contributed by atoms with Crippen molar-refractivity contribution in [1.82, 2.24) is 14.6 Å². The highest BCUT2D eigenvalue weighted by Gasteiger charge is 2.22. The summed E-state index contributed by atoms with van der Waals surface area (Å²) in [5, 5.41) is 3.80. The van der Waals surface area contributed by atoms with E-state index >= 15 is 0 Å². The summed E-state index contributed by atoms with van der Waals surface area (Å²) in [6.07, 6.45) is 2.71. The van der Waals surface area contributed by atoms with Crippen LogP contribution >= 0.6 is 11.6 Å². The smallest absolute Gasteiger partial charge is 0.276 e. The molecule has 1 aliphatic carbocycles. The van der Waals surface area contributed by atoms with E-state index in [2.05, 4.69) is 5.10 Å². The molecule has 1 aliphatic rings. The number of hydrogen-bond acceptors (Lipinski definition) is 2. The van der Waals surface area contributed by atoms with Gasteiger partial charge < -0.3 is 0 Å². The van der Waals surface area contributed by atoms with Crippen LogP contribution in [-0.4, -0.2) is 14.6 Å². The molecule has 1 N–H and O–H groups in total. The molecule has 21 heavy (non-hydrogen) atoms. The van der Waals surface area contributed by atoms with E-state index in [4.69, 9.17) is 16.6 Å². The van der Waals surface area contributed by atoms with E-state index in [0.717, 1.165) is 47.3 Å². The first-order chi connectivity index (χ1) is 10.2. The third-order valence-corrected chi connectivity index (χ3v) is 4.45. The minimum absolute atomic E-state index is 0.0221. The van der Waals surface area contributed by atoms with Crippen molar-refractivity contribution in [2.75, 3.05) is 0 Å². The van der Waals surface area contributed by atoms with Gasteiger partial charge in [-0.05, 0) is 32.3 Å². The lowest BCUT2D eigenvalue weighted by atomic mass is 10.1. The van der Waals surface area contributed by atoms with Gasteiger partial charge in [-0.1, -0.05) is 29.8 Å². The first-order valence-corrected chi connectivity index (χ1v) is 7.42. The van der Waals surface area contributed by atoms with Gasteiger partial charge in [-0.25, -0.2) is 9.50 Å². The fraction of sp³-hybridized carbons (Fsp3) is 0.250. The number of aromatic amines is 1. The average molecular weight is 300 g/mol. The Morgan fingerprint density at radius 1 is 1.29 bits per heavy atom. The van der Waals surface area contributed by atoms with E-state index in [1.807, 2.05) is 31.2 Å². The molecule has 4 rings (SSSR count). The van der Waals surface area contributed by atoms with Crippen molar-refractivity contribution < 1.29 is 0 Å². The van der Waals surface area contributed by atoms with Gasteiger partial charge in [0.1, 0.15) is 0 Å². The molecule has 0 amide bonds. The quantitative estimate of drug-likeness (QED) is 0.750. The van der Waals surface area contributed by atoms with Crippen molar-refractivity contribution in [1.29, 1.82) is 0 Å². The summed E-state index contributed by atoms with van der Waals surface area (Å²) in [6.45, 7) is 1.94. The lowest BCUT2D eigenvalue weighted by Crippen LogP contribution is -2.20. The molecule has 0 atom stereocenters. The van der Waals surface area contributed by atoms with Gasteiger partial charge in [0.2, 0.25) is 0 Å². The Morgan fingerprint density at radius 2 is 2.10 bits per heavy atom. The van der Waals surface area contributed by atoms with Crippen molar-refractivity contribution in [3.8, 4) is 11.1 Å². The number of rotatable bonds is 1. The predicted octanol–water partition coefficient (Wildman–Crippen LogP) is 3.14. The second kappa shape index (κ2) is 4.46. The van der Waals surface area contributed by atoms with Gasteiger partial charge >= 0.3 is 0 Å². The molecule has 106 valence electrons. The third kappa shape index (κ3) is 1.75. The highest BCUT2D eigenvalue weighted by molar-refractivity contribution is 6.33. The second-order valence-electron chi connectivity index (χ2n) is 5.45. The van der Waals surface area contributed by atoms with Gasteiger partial charge in [-0.15, -0.1) is 0 Å². The zero-order valence-corrected chi connectivity index (χ0v) is 12.4. The molecule has 0 fully saturated rings. The van der Waals surface area contributed by atoms with E-state index in [1.165, 1.54) is 0 Å². The van der Waals surface area contributed by atoms with Crippen LogP contribution in [-0.2, 0) is 12.8 Å². The lowest BCUT2D eigenvalue weighted by molar-refractivity contribution is 0.856. The molecule has 3 aromatic rings. The molecule has 1 aromatic carbocycles. The molecule has 0 spiro atoms. The Kier molecular flexibility index (Phi) is 2.69. The summed E-state index contributed by atoms with van der Waals surface area (Å²) < 4.78 is 1.55. The van der Waals surface area contributed by atoms with Gasteiger partial charge in [0.15, 0.2) is 5.65 Å². The molecule has 0 saturated heterocycles. The Labute approximate surface area is 126 Å². The number of H-pyrrole nitrogens is 1. The summed E-state index contributed by atoms with van der Waals surface area (Å²) in [4.78, 5) is 17.3. The number of nitrogens with one attached hydrogen (secondary N) is 1. The maximum Gasteiger partial charge on any atom is 0.276 e. The third-order valence-electron chi connectivity index (χ3n) is 4.12. The van der Waals surface area contributed by atoms with Crippen molar-refractivity contribution in [2.45, 2.75) is 26.2 Å². The summed E-state index contributed by atoms with van der Waals surface area (Å²) >= 11 is 6.32. The van der Waals surface area contributed by atoms with Crippen LogP contribution in [0.4, 0.5) is 0 Å². The Morgan fingerprint density at radius 3 is 2.90 bits per heavy atom. The van der Waals surface area contributed by atoms with Gasteiger partial charge in [-0.3, -0.25) is 9.89 Å². The zero-order valence-electron chi connectivity index (χ0n) is 11.6. The van der Waals surface area contributed by atoms with Crippen LogP contribution in [0.25, 0.3) is 16.8 Å². The van der Waals surface area contributed by atoms with Crippen LogP contribution < -0.4 is 5.56 Å². The maximum atomic E-state index is 12.6. The number of fused-ring (bicyclic) bond motifs is 2. The van der Waals surface area contributed by atoms with Crippen LogP contribution in [0.2, 0.25) is 5.02 Å². The van der Waals surface area contributed by atoms with E-state index < -0.39 is 0 Å². The lowest BCUT2D eigenvalue weighted by Gasteiger charge is -2.04. The maximum absolute atomic E-state index is 12.6. The number of aromatic nitrogens is 3. The molecule has 2 aromatic heterocycles. The van der Waals surface area contributed by atoms with Gasteiger partial charge in [0.05, 0.1) is 5.69 Å². The SMILES string of the molecule is Cc1[nH]n2c(=O)c3c(nc2c1-c1ccccc1Cl)CCC3. The molecule has 5 heteroatoms. The Bertz CT molecular complexity index is 923. The molecule has 0 unspecified atom stereocenters. The fourth-order valence-corrected chi connectivity index (χ4v) is 3.37. The number of hydrogen-bond donors (Lipinski definition) is 1. The van der Waals surface area contributed by atoms with E-state index in [9.17, 15) is 4.79 Å². The van der Waals surface area contributed by atoms with Gasteiger partial charge in [0, 0.05) is 27.4 Å². The molecule has 0 bridgehead atoms. The molecule has 0 radical (unpaired) electrons. The standard InChI is InChI=1S/C16H14ClN3O/c1-9-14(10-5-2-3-7-12(10)17)15-18-13-8-4-6-11(13)16(21)20(15)19-9/h2-3,5,7,19H,4,6,8H2,1H3. The molecule has 4 nitrogen and oxygen atoms in total. The monoisotopic (exact) mass is 299 g/mol. The van der Waals surface area contributed by atoms with Crippen LogP contribution in [0.15, 0.2) is 29.1 Å². The first-order valence-electron chi connectivity index (χ1n) is 7.05. The number of halogens is 1. The molecule has 0 aliphatic heterocycles. The minimum Gasteiger partial charge on any atom is -0.293 e. The van der Waals surface area contributed by atoms with E-state index in [0.29, 0.717) is 10.7 Å². The van der Waals surface area contributed by atoms with Crippen LogP contribution in [0.3, 0.4) is 0 Å². The molecule has 2 heterocycles. The molecular formula is C16H14ClN3O. The van der Waals surface area contributed by atoms with Gasteiger partial charge in [0.25, 0.3) is 5.56 Å². The Balaban J connectivity index is 2.12. The summed E-state index contributed by atoms with van der Waals surface area (Å²) in [5.41, 5.74) is 5.19. The minimum atomic E-state index is 0.0221. The number of nitrogens with zero attached hydrogens (tertiary/aromatic N) is 2. The van der Waals surface area contributed by atoms with Gasteiger partial charge in [-0.2, -0.15) is 0 Å². The second-order valence-corrected chi connectivity index (χ2v) is 5.85. The van der Waals surface area contributed by atoms with Crippen LogP contribution in [0.1, 0.15) is 23.4 Å². The Hall–Kier alpha value is -2.07. The average Bonchev–Trinajstić information content (AvgIpc) is 3.05. The number of aryl methyl sites for hydroxylation is 2. The highest BCUT2D eigenvalue weighted by atomic mass is 35.5. The number of benzene rings is 1. The largest absolute Gasteiger partial charge is 0.293 e. The van der Waals surface area contributed by atoms with E-state index in [-0.39, 0.29) is 5.56 Å². The molecular weight excluding hydrogens is 286 g/mol. The summed E-state index contributed by atoms with van der Waals surface area (Å²) in [6, 6.07) is 7.64. The van der Waals surface area contributed by atoms with Crippen molar-refractivity contribution >= 4 is 17.2 Å². The van der Waals surface area contributed by atoms with Crippen LogP contribution in [0, 0.1) is 6.92 Å². The molecule has 0 saturated carbocycles. The zero-order chi connectivity index (χ0) is 14.6. The normalized spacial score (nSPS) is 13.8. The first kappa shape index (κ1) is 12.7. The summed E-state index contributed by atoms with van der Waals surface area (Å²) in [5.74, 6) is 0. The van der Waals surface area contributed by atoms with Crippen molar-refractivity contribution in [3.63, 3.8) is 0 Å².